The first kappa shape index (κ1) is 32.0. The Kier molecular flexibility index (Phi) is 19.3. The van der Waals surface area contributed by atoms with E-state index in [9.17, 15) is 9.59 Å². The average molecular weight is 590 g/mol. The summed E-state index contributed by atoms with van der Waals surface area (Å²) < 4.78 is 10.9. The van der Waals surface area contributed by atoms with E-state index in [0.29, 0.717) is 0 Å². The van der Waals surface area contributed by atoms with Crippen LogP contribution in [0.15, 0.2) is 0 Å². The topological polar surface area (TPSA) is 113 Å². The molecule has 0 spiro atoms. The zero-order valence-corrected chi connectivity index (χ0v) is 23.2. The van der Waals surface area contributed by atoms with Gasteiger partial charge in [0.1, 0.15) is 12.2 Å². The predicted octanol–water partition coefficient (Wildman–Crippen LogP) is 3.92. The summed E-state index contributed by atoms with van der Waals surface area (Å²) in [4.78, 5) is 21.1. The largest absolute Gasteiger partial charge is 0.463 e. The highest BCUT2D eigenvalue weighted by Crippen LogP contribution is 2.26. The van der Waals surface area contributed by atoms with Crippen LogP contribution in [0.25, 0.3) is 0 Å². The van der Waals surface area contributed by atoms with E-state index in [0.717, 1.165) is 68.1 Å². The van der Waals surface area contributed by atoms with Crippen LogP contribution in [-0.4, -0.2) is 68.4 Å². The lowest BCUT2D eigenvalue weighted by Crippen LogP contribution is -2.25. The van der Waals surface area contributed by atoms with Crippen molar-refractivity contribution in [3.8, 4) is 0 Å². The Morgan fingerprint density at radius 3 is 1.16 bits per heavy atom. The van der Waals surface area contributed by atoms with Gasteiger partial charge in [0, 0.05) is 17.8 Å². The third-order valence-electron chi connectivity index (χ3n) is 5.58. The molecule has 0 aromatic rings. The summed E-state index contributed by atoms with van der Waals surface area (Å²) in [7, 11) is 2.42. The molecular formula is C23H44IO7P. The van der Waals surface area contributed by atoms with Gasteiger partial charge >= 0.3 is 11.9 Å². The molecule has 0 saturated heterocycles. The standard InChI is InChI=1S/C8H13IO2.C8H14O3.C6H12O2.CH5P/c1-6(10)11-8-4-2-7(9)3-5-8;1-6(9)11-8-4-2-7(10)3-5-8;7-5-1-2-6(8)4-3-5;1-2/h7-8H,2-5H2,1H3;7-8,10H,2-5H2,1H3;5-8H,1-4H2;2H2,1H3. The van der Waals surface area contributed by atoms with E-state index in [1.165, 1.54) is 26.7 Å². The van der Waals surface area contributed by atoms with Crippen LogP contribution in [0.5, 0.6) is 0 Å². The molecule has 0 bridgehead atoms. The highest BCUT2D eigenvalue weighted by atomic mass is 127. The molecule has 1 atom stereocenters. The fraction of sp³-hybridized carbons (Fsp3) is 0.913. The zero-order valence-electron chi connectivity index (χ0n) is 19.9. The molecular weight excluding hydrogens is 546 g/mol. The Bertz CT molecular complexity index is 441. The van der Waals surface area contributed by atoms with Gasteiger partial charge in [0.25, 0.3) is 0 Å². The molecule has 1 unspecified atom stereocenters. The maximum Gasteiger partial charge on any atom is 0.302 e. The van der Waals surface area contributed by atoms with Gasteiger partial charge in [-0.3, -0.25) is 9.59 Å². The van der Waals surface area contributed by atoms with Crippen LogP contribution in [0.4, 0.5) is 0 Å². The summed E-state index contributed by atoms with van der Waals surface area (Å²) >= 11 is 2.46. The highest BCUT2D eigenvalue weighted by molar-refractivity contribution is 14.1. The van der Waals surface area contributed by atoms with Crippen LogP contribution < -0.4 is 0 Å². The Morgan fingerprint density at radius 1 is 0.625 bits per heavy atom. The Labute approximate surface area is 209 Å². The van der Waals surface area contributed by atoms with Crippen molar-refractivity contribution in [3.63, 3.8) is 0 Å². The molecule has 3 aliphatic rings. The highest BCUT2D eigenvalue weighted by Gasteiger charge is 2.21. The van der Waals surface area contributed by atoms with Crippen LogP contribution in [0.1, 0.15) is 90.9 Å². The normalized spacial score (nSPS) is 31.8. The minimum atomic E-state index is -0.216. The molecule has 0 heterocycles. The van der Waals surface area contributed by atoms with Gasteiger partial charge in [-0.15, -0.1) is 9.24 Å². The van der Waals surface area contributed by atoms with Crippen LogP contribution in [0.3, 0.4) is 0 Å². The minimum Gasteiger partial charge on any atom is -0.463 e. The summed E-state index contributed by atoms with van der Waals surface area (Å²) in [5.41, 5.74) is 0. The number of hydrogen-bond acceptors (Lipinski definition) is 7. The van der Waals surface area contributed by atoms with Gasteiger partial charge in [0.15, 0.2) is 0 Å². The van der Waals surface area contributed by atoms with E-state index in [2.05, 4.69) is 31.8 Å². The molecule has 3 aliphatic carbocycles. The maximum absolute atomic E-state index is 10.6. The Morgan fingerprint density at radius 2 is 0.875 bits per heavy atom. The smallest absolute Gasteiger partial charge is 0.302 e. The zero-order chi connectivity index (χ0) is 24.5. The predicted molar refractivity (Wildman–Crippen MR) is 138 cm³/mol. The number of esters is 2. The number of ether oxygens (including phenoxy) is 2. The number of rotatable bonds is 2. The second-order valence-electron chi connectivity index (χ2n) is 8.49. The second-order valence-corrected chi connectivity index (χ2v) is 10.2. The molecule has 3 fully saturated rings. The summed E-state index contributed by atoms with van der Waals surface area (Å²) in [5.74, 6) is -0.353. The molecule has 7 nitrogen and oxygen atoms in total. The van der Waals surface area contributed by atoms with Crippen LogP contribution in [-0.2, 0) is 19.1 Å². The van der Waals surface area contributed by atoms with Crippen molar-refractivity contribution in [2.24, 2.45) is 0 Å². The van der Waals surface area contributed by atoms with E-state index in [1.807, 2.05) is 6.66 Å². The molecule has 0 aromatic heterocycles. The molecule has 3 saturated carbocycles. The summed E-state index contributed by atoms with van der Waals surface area (Å²) in [6.45, 7) is 4.82. The molecule has 0 radical (unpaired) electrons. The van der Waals surface area contributed by atoms with Crippen molar-refractivity contribution in [1.29, 1.82) is 0 Å². The maximum atomic E-state index is 10.6. The van der Waals surface area contributed by atoms with Crippen molar-refractivity contribution in [2.45, 2.75) is 125 Å². The van der Waals surface area contributed by atoms with Crippen molar-refractivity contribution < 1.29 is 34.4 Å². The van der Waals surface area contributed by atoms with Crippen molar-refractivity contribution in [1.82, 2.24) is 0 Å². The molecule has 9 heteroatoms. The summed E-state index contributed by atoms with van der Waals surface area (Å²) in [6.07, 6.45) is 10.5. The van der Waals surface area contributed by atoms with E-state index in [4.69, 9.17) is 24.8 Å². The monoisotopic (exact) mass is 590 g/mol. The van der Waals surface area contributed by atoms with Crippen molar-refractivity contribution in [2.75, 3.05) is 6.66 Å². The number of halogens is 1. The van der Waals surface area contributed by atoms with Gasteiger partial charge in [-0.2, -0.15) is 0 Å². The lowest BCUT2D eigenvalue weighted by Gasteiger charge is -2.24. The average Bonchev–Trinajstić information content (AvgIpc) is 2.75. The van der Waals surface area contributed by atoms with Crippen LogP contribution in [0, 0.1) is 0 Å². The molecule has 0 amide bonds. The number of aliphatic hydroxyl groups is 3. The van der Waals surface area contributed by atoms with Crippen molar-refractivity contribution >= 4 is 43.8 Å². The molecule has 32 heavy (non-hydrogen) atoms. The van der Waals surface area contributed by atoms with E-state index >= 15 is 0 Å². The van der Waals surface area contributed by atoms with Gasteiger partial charge in [0.2, 0.25) is 0 Å². The second kappa shape index (κ2) is 19.3. The van der Waals surface area contributed by atoms with Gasteiger partial charge in [0.05, 0.1) is 18.3 Å². The van der Waals surface area contributed by atoms with Gasteiger partial charge < -0.3 is 24.8 Å². The van der Waals surface area contributed by atoms with E-state index < -0.39 is 0 Å². The molecule has 0 aliphatic heterocycles. The Hall–Kier alpha value is -0.0200. The van der Waals surface area contributed by atoms with E-state index in [-0.39, 0.29) is 42.5 Å². The fourth-order valence-corrected chi connectivity index (χ4v) is 4.55. The number of hydrogen-bond donors (Lipinski definition) is 3. The third-order valence-corrected chi connectivity index (χ3v) is 6.82. The van der Waals surface area contributed by atoms with Gasteiger partial charge in [-0.05, 0) is 77.0 Å². The third kappa shape index (κ3) is 17.5. The minimum absolute atomic E-state index is 0.0518. The Balaban J connectivity index is 0.000000438. The fourth-order valence-electron chi connectivity index (χ4n) is 3.83. The lowest BCUT2D eigenvalue weighted by molar-refractivity contribution is -0.149. The van der Waals surface area contributed by atoms with Gasteiger partial charge in [-0.25, -0.2) is 0 Å². The number of carbonyl (C=O) groups excluding carboxylic acids is 2. The number of aliphatic hydroxyl groups excluding tert-OH is 3. The van der Waals surface area contributed by atoms with Crippen molar-refractivity contribution in [3.05, 3.63) is 0 Å². The summed E-state index contributed by atoms with van der Waals surface area (Å²) in [5, 5.41) is 27.0. The molecule has 3 rings (SSSR count). The first-order valence-corrected chi connectivity index (χ1v) is 14.2. The number of carbonyl (C=O) groups is 2. The SMILES string of the molecule is CC(=O)OC1CCC(I)CC1.CC(=O)OC1CCC(O)CC1.CP.OC1CCC(O)CC1. The molecule has 190 valence electrons. The lowest BCUT2D eigenvalue weighted by atomic mass is 9.95. The first-order valence-electron chi connectivity index (χ1n) is 11.8. The van der Waals surface area contributed by atoms with Crippen LogP contribution >= 0.6 is 31.8 Å². The molecule has 0 aromatic carbocycles. The molecule has 3 N–H and O–H groups in total. The quantitative estimate of drug-likeness (QED) is 0.194. The first-order chi connectivity index (χ1) is 15.2. The van der Waals surface area contributed by atoms with Gasteiger partial charge in [-0.1, -0.05) is 29.3 Å². The number of alkyl halides is 1. The van der Waals surface area contributed by atoms with Crippen LogP contribution in [0.2, 0.25) is 0 Å². The summed E-state index contributed by atoms with van der Waals surface area (Å²) in [6, 6.07) is 0. The van der Waals surface area contributed by atoms with E-state index in [1.54, 1.807) is 0 Å².